The highest BCUT2D eigenvalue weighted by molar-refractivity contribution is 5.80. The number of ether oxygens (including phenoxy) is 2. The molecule has 0 spiro atoms. The number of carbonyl (C=O) groups excluding carboxylic acids is 1. The number of carboxylic acids is 1. The normalized spacial score (nSPS) is 15.1. The van der Waals surface area contributed by atoms with Crippen LogP contribution in [0.5, 0.6) is 5.75 Å². The van der Waals surface area contributed by atoms with Crippen LogP contribution in [0.4, 0.5) is 9.59 Å². The van der Waals surface area contributed by atoms with Gasteiger partial charge in [-0.25, -0.2) is 14.4 Å². The Balaban J connectivity index is 1.52. The SMILES string of the molecule is CC(C)(C)OC(=O)N[C@@H](Cc1ccc(-c2ccc(OCC3CCN(C(=O)O)CC3)cc2)cc1)C(=O)O. The molecule has 0 bridgehead atoms. The Hall–Kier alpha value is -3.75. The second-order valence-electron chi connectivity index (χ2n) is 9.99. The molecule has 1 saturated heterocycles. The monoisotopic (exact) mass is 498 g/mol. The topological polar surface area (TPSA) is 125 Å². The summed E-state index contributed by atoms with van der Waals surface area (Å²) in [5.41, 5.74) is 2.02. The molecule has 2 amide bonds. The first kappa shape index (κ1) is 26.8. The number of piperidine rings is 1. The molecule has 1 aliphatic heterocycles. The maximum Gasteiger partial charge on any atom is 0.408 e. The predicted molar refractivity (Wildman–Crippen MR) is 134 cm³/mol. The molecule has 0 aliphatic carbocycles. The van der Waals surface area contributed by atoms with Crippen LogP contribution in [0.15, 0.2) is 48.5 Å². The van der Waals surface area contributed by atoms with E-state index in [0.29, 0.717) is 25.6 Å². The molecule has 3 N–H and O–H groups in total. The van der Waals surface area contributed by atoms with Gasteiger partial charge in [0.25, 0.3) is 0 Å². The summed E-state index contributed by atoms with van der Waals surface area (Å²) in [6.45, 7) is 6.79. The number of benzene rings is 2. The molecule has 194 valence electrons. The predicted octanol–water partition coefficient (Wildman–Crippen LogP) is 4.64. The summed E-state index contributed by atoms with van der Waals surface area (Å²) in [7, 11) is 0. The van der Waals surface area contributed by atoms with Crippen LogP contribution in [0.1, 0.15) is 39.2 Å². The molecule has 0 aromatic heterocycles. The molecular formula is C27H34N2O7. The molecule has 36 heavy (non-hydrogen) atoms. The van der Waals surface area contributed by atoms with Gasteiger partial charge in [0.15, 0.2) is 0 Å². The Kier molecular flexibility index (Phi) is 8.79. The molecule has 1 atom stereocenters. The van der Waals surface area contributed by atoms with Crippen LogP contribution < -0.4 is 10.1 Å². The van der Waals surface area contributed by atoms with Gasteiger partial charge in [-0.05, 0) is 68.4 Å². The van der Waals surface area contributed by atoms with Crippen molar-refractivity contribution >= 4 is 18.2 Å². The standard InChI is InChI=1S/C27H34N2O7/c1-27(2,3)36-25(32)28-23(24(30)31)16-18-4-6-20(7-5-18)21-8-10-22(11-9-21)35-17-19-12-14-29(15-13-19)26(33)34/h4-11,19,23H,12-17H2,1-3H3,(H,28,32)(H,30,31)(H,33,34)/t23-/m0/s1. The minimum absolute atomic E-state index is 0.132. The summed E-state index contributed by atoms with van der Waals surface area (Å²) in [6.07, 6.45) is 0.101. The third kappa shape index (κ3) is 8.18. The molecule has 3 rings (SSSR count). The van der Waals surface area contributed by atoms with Gasteiger partial charge in [-0.15, -0.1) is 0 Å². The number of hydrogen-bond acceptors (Lipinski definition) is 5. The van der Waals surface area contributed by atoms with E-state index in [0.717, 1.165) is 35.3 Å². The van der Waals surface area contributed by atoms with Gasteiger partial charge >= 0.3 is 18.2 Å². The number of carboxylic acid groups (broad SMARTS) is 2. The highest BCUT2D eigenvalue weighted by Crippen LogP contribution is 2.25. The van der Waals surface area contributed by atoms with Crippen molar-refractivity contribution in [3.8, 4) is 16.9 Å². The molecular weight excluding hydrogens is 464 g/mol. The Morgan fingerprint density at radius 2 is 1.53 bits per heavy atom. The summed E-state index contributed by atoms with van der Waals surface area (Å²) in [5, 5.41) is 21.0. The number of alkyl carbamates (subject to hydrolysis) is 1. The summed E-state index contributed by atoms with van der Waals surface area (Å²) < 4.78 is 11.1. The molecule has 2 aromatic carbocycles. The molecule has 1 fully saturated rings. The highest BCUT2D eigenvalue weighted by atomic mass is 16.6. The third-order valence-electron chi connectivity index (χ3n) is 5.94. The Morgan fingerprint density at radius 3 is 2.03 bits per heavy atom. The third-order valence-corrected chi connectivity index (χ3v) is 5.94. The van der Waals surface area contributed by atoms with Crippen molar-refractivity contribution in [3.63, 3.8) is 0 Å². The first-order valence-corrected chi connectivity index (χ1v) is 12.0. The largest absolute Gasteiger partial charge is 0.493 e. The van der Waals surface area contributed by atoms with Crippen molar-refractivity contribution < 1.29 is 34.1 Å². The molecule has 2 aromatic rings. The number of carbonyl (C=O) groups is 3. The number of hydrogen-bond donors (Lipinski definition) is 3. The Morgan fingerprint density at radius 1 is 0.972 bits per heavy atom. The van der Waals surface area contributed by atoms with Gasteiger partial charge in [0.1, 0.15) is 17.4 Å². The minimum Gasteiger partial charge on any atom is -0.493 e. The van der Waals surface area contributed by atoms with Crippen molar-refractivity contribution in [2.75, 3.05) is 19.7 Å². The van der Waals surface area contributed by atoms with Crippen molar-refractivity contribution in [3.05, 3.63) is 54.1 Å². The summed E-state index contributed by atoms with van der Waals surface area (Å²) >= 11 is 0. The second kappa shape index (κ2) is 11.8. The number of nitrogens with zero attached hydrogens (tertiary/aromatic N) is 1. The molecule has 0 saturated carbocycles. The molecule has 0 unspecified atom stereocenters. The number of aliphatic carboxylic acids is 1. The lowest BCUT2D eigenvalue weighted by atomic mass is 9.98. The fourth-order valence-corrected chi connectivity index (χ4v) is 3.97. The lowest BCUT2D eigenvalue weighted by molar-refractivity contribution is -0.139. The van der Waals surface area contributed by atoms with Crippen molar-refractivity contribution in [2.24, 2.45) is 5.92 Å². The smallest absolute Gasteiger partial charge is 0.408 e. The van der Waals surface area contributed by atoms with Crippen LogP contribution in [-0.2, 0) is 16.0 Å². The molecule has 0 radical (unpaired) electrons. The van der Waals surface area contributed by atoms with Gasteiger partial charge < -0.3 is 29.9 Å². The zero-order valence-electron chi connectivity index (χ0n) is 20.9. The van der Waals surface area contributed by atoms with Gasteiger partial charge in [-0.2, -0.15) is 0 Å². The van der Waals surface area contributed by atoms with Crippen molar-refractivity contribution in [2.45, 2.75) is 51.7 Å². The van der Waals surface area contributed by atoms with Crippen molar-refractivity contribution in [1.82, 2.24) is 10.2 Å². The van der Waals surface area contributed by atoms with Crippen LogP contribution in [0.25, 0.3) is 11.1 Å². The van der Waals surface area contributed by atoms with Gasteiger partial charge in [0.2, 0.25) is 0 Å². The second-order valence-corrected chi connectivity index (χ2v) is 9.99. The van der Waals surface area contributed by atoms with Crippen LogP contribution in [0, 0.1) is 5.92 Å². The van der Waals surface area contributed by atoms with E-state index in [1.165, 1.54) is 4.90 Å². The zero-order chi connectivity index (χ0) is 26.3. The maximum absolute atomic E-state index is 12.0. The molecule has 1 aliphatic rings. The fraction of sp³-hybridized carbons (Fsp3) is 0.444. The van der Waals surface area contributed by atoms with Crippen molar-refractivity contribution in [1.29, 1.82) is 0 Å². The lowest BCUT2D eigenvalue weighted by Crippen LogP contribution is -2.44. The fourth-order valence-electron chi connectivity index (χ4n) is 3.97. The average molecular weight is 499 g/mol. The van der Waals surface area contributed by atoms with E-state index in [-0.39, 0.29) is 6.42 Å². The van der Waals surface area contributed by atoms with E-state index >= 15 is 0 Å². The molecule has 9 heteroatoms. The van der Waals surface area contributed by atoms with Crippen LogP contribution in [-0.4, -0.2) is 64.6 Å². The van der Waals surface area contributed by atoms with Crippen LogP contribution >= 0.6 is 0 Å². The number of likely N-dealkylation sites (tertiary alicyclic amines) is 1. The average Bonchev–Trinajstić information content (AvgIpc) is 2.82. The van der Waals surface area contributed by atoms with E-state index in [9.17, 15) is 19.5 Å². The first-order chi connectivity index (χ1) is 17.0. The van der Waals surface area contributed by atoms with E-state index in [1.54, 1.807) is 20.8 Å². The van der Waals surface area contributed by atoms with Crippen LogP contribution in [0.2, 0.25) is 0 Å². The highest BCUT2D eigenvalue weighted by Gasteiger charge is 2.24. The van der Waals surface area contributed by atoms with E-state index < -0.39 is 29.8 Å². The van der Waals surface area contributed by atoms with Gasteiger partial charge in [-0.1, -0.05) is 36.4 Å². The van der Waals surface area contributed by atoms with E-state index in [1.807, 2.05) is 48.5 Å². The number of nitrogens with one attached hydrogen (secondary N) is 1. The zero-order valence-corrected chi connectivity index (χ0v) is 20.9. The first-order valence-electron chi connectivity index (χ1n) is 12.0. The van der Waals surface area contributed by atoms with Gasteiger partial charge in [-0.3, -0.25) is 0 Å². The number of rotatable bonds is 8. The minimum atomic E-state index is -1.13. The quantitative estimate of drug-likeness (QED) is 0.484. The lowest BCUT2D eigenvalue weighted by Gasteiger charge is -2.29. The molecule has 9 nitrogen and oxygen atoms in total. The summed E-state index contributed by atoms with van der Waals surface area (Å²) in [6, 6.07) is 14.1. The Bertz CT molecular complexity index is 1040. The Labute approximate surface area is 211 Å². The van der Waals surface area contributed by atoms with Crippen LogP contribution in [0.3, 0.4) is 0 Å². The molecule has 1 heterocycles. The number of amides is 2. The maximum atomic E-state index is 12.0. The van der Waals surface area contributed by atoms with E-state index in [2.05, 4.69) is 5.32 Å². The van der Waals surface area contributed by atoms with Gasteiger partial charge in [0, 0.05) is 19.5 Å². The van der Waals surface area contributed by atoms with E-state index in [4.69, 9.17) is 14.6 Å². The summed E-state index contributed by atoms with van der Waals surface area (Å²) in [4.78, 5) is 36.0. The van der Waals surface area contributed by atoms with Gasteiger partial charge in [0.05, 0.1) is 6.61 Å². The summed E-state index contributed by atoms with van der Waals surface area (Å²) in [5.74, 6) is -0.0335.